The van der Waals surface area contributed by atoms with E-state index in [0.29, 0.717) is 24.8 Å². The zero-order valence-electron chi connectivity index (χ0n) is 11.6. The number of sulfonamides is 1. The van der Waals surface area contributed by atoms with Gasteiger partial charge < -0.3 is 10.6 Å². The van der Waals surface area contributed by atoms with Gasteiger partial charge >= 0.3 is 0 Å². The average Bonchev–Trinajstić information content (AvgIpc) is 2.38. The standard InChI is InChI=1S/C12H22N4O2S/c1-10(2)16(3)8-7-15-19(17,18)12-5-4-6-14-11(12)9-13/h4-6,10,15H,7-9,13H2,1-3H3. The van der Waals surface area contributed by atoms with E-state index in [1.165, 1.54) is 12.3 Å². The summed E-state index contributed by atoms with van der Waals surface area (Å²) in [6, 6.07) is 3.49. The van der Waals surface area contributed by atoms with E-state index in [1.54, 1.807) is 6.07 Å². The molecule has 0 aliphatic heterocycles. The molecule has 7 heteroatoms. The molecule has 0 bridgehead atoms. The Morgan fingerprint density at radius 3 is 2.74 bits per heavy atom. The second kappa shape index (κ2) is 6.95. The maximum atomic E-state index is 12.1. The molecule has 1 aromatic heterocycles. The van der Waals surface area contributed by atoms with Crippen molar-refractivity contribution < 1.29 is 8.42 Å². The van der Waals surface area contributed by atoms with Crippen molar-refractivity contribution in [3.8, 4) is 0 Å². The van der Waals surface area contributed by atoms with E-state index in [4.69, 9.17) is 5.73 Å². The molecular weight excluding hydrogens is 264 g/mol. The van der Waals surface area contributed by atoms with Crippen LogP contribution in [0.15, 0.2) is 23.2 Å². The van der Waals surface area contributed by atoms with E-state index in [2.05, 4.69) is 28.5 Å². The number of hydrogen-bond donors (Lipinski definition) is 2. The molecule has 0 saturated heterocycles. The van der Waals surface area contributed by atoms with Crippen LogP contribution in [0.3, 0.4) is 0 Å². The van der Waals surface area contributed by atoms with Gasteiger partial charge in [-0.3, -0.25) is 4.98 Å². The number of pyridine rings is 1. The van der Waals surface area contributed by atoms with Crippen LogP contribution in [0.4, 0.5) is 0 Å². The van der Waals surface area contributed by atoms with Crippen molar-refractivity contribution in [3.63, 3.8) is 0 Å². The molecule has 3 N–H and O–H groups in total. The molecule has 1 heterocycles. The molecule has 6 nitrogen and oxygen atoms in total. The summed E-state index contributed by atoms with van der Waals surface area (Å²) in [4.78, 5) is 6.20. The molecule has 0 aromatic carbocycles. The molecule has 1 aromatic rings. The Morgan fingerprint density at radius 2 is 2.16 bits per heavy atom. The lowest BCUT2D eigenvalue weighted by molar-refractivity contribution is 0.278. The van der Waals surface area contributed by atoms with Crippen molar-refractivity contribution in [1.82, 2.24) is 14.6 Å². The second-order valence-electron chi connectivity index (χ2n) is 4.62. The molecule has 0 unspecified atom stereocenters. The molecule has 19 heavy (non-hydrogen) atoms. The Balaban J connectivity index is 2.71. The highest BCUT2D eigenvalue weighted by Gasteiger charge is 2.18. The number of aromatic nitrogens is 1. The molecule has 108 valence electrons. The first-order valence-corrected chi connectivity index (χ1v) is 7.70. The maximum absolute atomic E-state index is 12.1. The third kappa shape index (κ3) is 4.54. The summed E-state index contributed by atoms with van der Waals surface area (Å²) in [5, 5.41) is 0. The first-order valence-electron chi connectivity index (χ1n) is 6.22. The first-order chi connectivity index (χ1) is 8.88. The minimum atomic E-state index is -3.54. The highest BCUT2D eigenvalue weighted by Crippen LogP contribution is 2.11. The van der Waals surface area contributed by atoms with E-state index in [-0.39, 0.29) is 11.4 Å². The summed E-state index contributed by atoms with van der Waals surface area (Å²) < 4.78 is 26.8. The van der Waals surface area contributed by atoms with Crippen LogP contribution in [-0.2, 0) is 16.6 Å². The second-order valence-corrected chi connectivity index (χ2v) is 6.36. The van der Waals surface area contributed by atoms with E-state index in [9.17, 15) is 8.42 Å². The average molecular weight is 286 g/mol. The molecule has 0 fully saturated rings. The van der Waals surface area contributed by atoms with Crippen LogP contribution in [0.25, 0.3) is 0 Å². The van der Waals surface area contributed by atoms with Gasteiger partial charge in [0, 0.05) is 31.9 Å². The smallest absolute Gasteiger partial charge is 0.242 e. The SMILES string of the molecule is CC(C)N(C)CCNS(=O)(=O)c1cccnc1CN. The van der Waals surface area contributed by atoms with Crippen molar-refractivity contribution in [2.75, 3.05) is 20.1 Å². The van der Waals surface area contributed by atoms with Gasteiger partial charge in [0.1, 0.15) is 4.90 Å². The highest BCUT2D eigenvalue weighted by molar-refractivity contribution is 7.89. The molecule has 1 rings (SSSR count). The van der Waals surface area contributed by atoms with Crippen LogP contribution in [0.1, 0.15) is 19.5 Å². The lowest BCUT2D eigenvalue weighted by Crippen LogP contribution is -2.36. The number of nitrogens with one attached hydrogen (secondary N) is 1. The van der Waals surface area contributed by atoms with Gasteiger partial charge in [0.05, 0.1) is 5.69 Å². The summed E-state index contributed by atoms with van der Waals surface area (Å²) in [5.74, 6) is 0. The number of hydrogen-bond acceptors (Lipinski definition) is 5. The fourth-order valence-corrected chi connectivity index (χ4v) is 2.73. The van der Waals surface area contributed by atoms with Gasteiger partial charge in [0.25, 0.3) is 0 Å². The zero-order chi connectivity index (χ0) is 14.5. The fraction of sp³-hybridized carbons (Fsp3) is 0.583. The number of rotatable bonds is 7. The topological polar surface area (TPSA) is 88.3 Å². The Labute approximate surface area is 115 Å². The third-order valence-corrected chi connectivity index (χ3v) is 4.50. The van der Waals surface area contributed by atoms with Crippen molar-refractivity contribution in [1.29, 1.82) is 0 Å². The van der Waals surface area contributed by atoms with Crippen LogP contribution in [0, 0.1) is 0 Å². The normalized spacial score (nSPS) is 12.3. The quantitative estimate of drug-likeness (QED) is 0.745. The zero-order valence-corrected chi connectivity index (χ0v) is 12.4. The molecule has 0 saturated carbocycles. The van der Waals surface area contributed by atoms with Crippen LogP contribution < -0.4 is 10.5 Å². The Hall–Kier alpha value is -1.02. The Morgan fingerprint density at radius 1 is 1.47 bits per heavy atom. The van der Waals surface area contributed by atoms with Crippen molar-refractivity contribution >= 4 is 10.0 Å². The molecular formula is C12H22N4O2S. The lowest BCUT2D eigenvalue weighted by atomic mass is 10.3. The molecule has 0 spiro atoms. The number of nitrogens with zero attached hydrogens (tertiary/aromatic N) is 2. The molecule has 0 aliphatic rings. The van der Waals surface area contributed by atoms with Gasteiger partial charge in [0.2, 0.25) is 10.0 Å². The van der Waals surface area contributed by atoms with E-state index < -0.39 is 10.0 Å². The minimum Gasteiger partial charge on any atom is -0.325 e. The lowest BCUT2D eigenvalue weighted by Gasteiger charge is -2.21. The van der Waals surface area contributed by atoms with E-state index in [1.807, 2.05) is 7.05 Å². The van der Waals surface area contributed by atoms with Crippen LogP contribution in [0.5, 0.6) is 0 Å². The first kappa shape index (κ1) is 16.0. The van der Waals surface area contributed by atoms with E-state index in [0.717, 1.165) is 0 Å². The van der Waals surface area contributed by atoms with Crippen molar-refractivity contribution in [2.45, 2.75) is 31.3 Å². The molecule has 0 atom stereocenters. The van der Waals surface area contributed by atoms with Gasteiger partial charge in [-0.15, -0.1) is 0 Å². The maximum Gasteiger partial charge on any atom is 0.242 e. The van der Waals surface area contributed by atoms with Crippen LogP contribution in [0.2, 0.25) is 0 Å². The van der Waals surface area contributed by atoms with Crippen LogP contribution in [-0.4, -0.2) is 44.5 Å². The number of nitrogens with two attached hydrogens (primary N) is 1. The minimum absolute atomic E-state index is 0.100. The van der Waals surface area contributed by atoms with Crippen molar-refractivity contribution in [2.24, 2.45) is 5.73 Å². The van der Waals surface area contributed by atoms with Crippen molar-refractivity contribution in [3.05, 3.63) is 24.0 Å². The summed E-state index contributed by atoms with van der Waals surface area (Å²) in [5.41, 5.74) is 5.88. The van der Waals surface area contributed by atoms with Gasteiger partial charge in [-0.1, -0.05) is 0 Å². The Kier molecular flexibility index (Phi) is 5.86. The number of likely N-dealkylation sites (N-methyl/N-ethyl adjacent to an activating group) is 1. The predicted octanol–water partition coefficient (Wildman–Crippen LogP) is 0.159. The van der Waals surface area contributed by atoms with Gasteiger partial charge in [-0.05, 0) is 33.0 Å². The highest BCUT2D eigenvalue weighted by atomic mass is 32.2. The predicted molar refractivity (Wildman–Crippen MR) is 75.1 cm³/mol. The molecule has 0 amide bonds. The fourth-order valence-electron chi connectivity index (χ4n) is 1.51. The summed E-state index contributed by atoms with van der Waals surface area (Å²) in [7, 11) is -1.59. The largest absolute Gasteiger partial charge is 0.325 e. The Bertz CT molecular complexity index is 502. The third-order valence-electron chi connectivity index (χ3n) is 2.97. The monoisotopic (exact) mass is 286 g/mol. The summed E-state index contributed by atoms with van der Waals surface area (Å²) in [6.45, 7) is 5.22. The van der Waals surface area contributed by atoms with Gasteiger partial charge in [-0.25, -0.2) is 13.1 Å². The molecule has 0 aliphatic carbocycles. The van der Waals surface area contributed by atoms with Crippen LogP contribution >= 0.6 is 0 Å². The summed E-state index contributed by atoms with van der Waals surface area (Å²) >= 11 is 0. The summed E-state index contributed by atoms with van der Waals surface area (Å²) in [6.07, 6.45) is 1.54. The molecule has 0 radical (unpaired) electrons. The van der Waals surface area contributed by atoms with E-state index >= 15 is 0 Å². The van der Waals surface area contributed by atoms with Gasteiger partial charge in [-0.2, -0.15) is 0 Å². The van der Waals surface area contributed by atoms with Gasteiger partial charge in [0.15, 0.2) is 0 Å².